The van der Waals surface area contributed by atoms with Crippen molar-refractivity contribution in [3.05, 3.63) is 39.6 Å². The molecule has 8 heteroatoms. The maximum atomic E-state index is 11.9. The summed E-state index contributed by atoms with van der Waals surface area (Å²) < 4.78 is 0.561. The van der Waals surface area contributed by atoms with Crippen LogP contribution in [-0.2, 0) is 11.2 Å². The van der Waals surface area contributed by atoms with Crippen molar-refractivity contribution in [2.24, 2.45) is 0 Å². The summed E-state index contributed by atoms with van der Waals surface area (Å²) >= 11 is 4.35. The van der Waals surface area contributed by atoms with E-state index in [1.165, 1.54) is 11.3 Å². The van der Waals surface area contributed by atoms with Gasteiger partial charge in [0.25, 0.3) is 5.91 Å². The van der Waals surface area contributed by atoms with Crippen LogP contribution in [0.25, 0.3) is 0 Å². The Morgan fingerprint density at radius 3 is 2.84 bits per heavy atom. The van der Waals surface area contributed by atoms with Gasteiger partial charge in [0.1, 0.15) is 10.3 Å². The second-order valence-corrected chi connectivity index (χ2v) is 5.18. The third-order valence-electron chi connectivity index (χ3n) is 2.05. The molecule has 1 amide bonds. The summed E-state index contributed by atoms with van der Waals surface area (Å²) in [7, 11) is 0. The molecule has 98 valence electrons. The number of aromatic nitrogens is 2. The van der Waals surface area contributed by atoms with Gasteiger partial charge < -0.3 is 5.11 Å². The van der Waals surface area contributed by atoms with Crippen molar-refractivity contribution in [3.63, 3.8) is 0 Å². The molecule has 0 radical (unpaired) electrons. The first-order valence-corrected chi connectivity index (χ1v) is 6.82. The lowest BCUT2D eigenvalue weighted by atomic mass is 10.3. The van der Waals surface area contributed by atoms with Crippen LogP contribution in [0.4, 0.5) is 5.13 Å². The number of amides is 1. The van der Waals surface area contributed by atoms with Crippen LogP contribution in [0.2, 0.25) is 0 Å². The lowest BCUT2D eigenvalue weighted by Gasteiger charge is -2.00. The Kier molecular flexibility index (Phi) is 4.23. The molecule has 19 heavy (non-hydrogen) atoms. The Balaban J connectivity index is 2.06. The van der Waals surface area contributed by atoms with E-state index in [4.69, 9.17) is 5.11 Å². The number of anilines is 1. The van der Waals surface area contributed by atoms with E-state index in [1.54, 1.807) is 23.6 Å². The highest BCUT2D eigenvalue weighted by molar-refractivity contribution is 9.10. The number of thiazole rings is 1. The molecule has 0 aliphatic rings. The van der Waals surface area contributed by atoms with Gasteiger partial charge in [-0.05, 0) is 28.1 Å². The van der Waals surface area contributed by atoms with E-state index >= 15 is 0 Å². The summed E-state index contributed by atoms with van der Waals surface area (Å²) in [5.74, 6) is -1.35. The predicted octanol–water partition coefficient (Wildman–Crippen LogP) is 2.18. The van der Waals surface area contributed by atoms with Crippen LogP contribution in [0.15, 0.2) is 28.2 Å². The fraction of sp³-hybridized carbons (Fsp3) is 0.0909. The lowest BCUT2D eigenvalue weighted by molar-refractivity contribution is -0.136. The van der Waals surface area contributed by atoms with Gasteiger partial charge in [0, 0.05) is 5.38 Å². The van der Waals surface area contributed by atoms with E-state index in [1.807, 2.05) is 0 Å². The van der Waals surface area contributed by atoms with Crippen LogP contribution in [0.1, 0.15) is 16.2 Å². The Morgan fingerprint density at radius 1 is 1.37 bits per heavy atom. The summed E-state index contributed by atoms with van der Waals surface area (Å²) in [6, 6.07) is 4.99. The van der Waals surface area contributed by atoms with Crippen LogP contribution in [0.3, 0.4) is 0 Å². The Bertz CT molecular complexity index is 629. The molecule has 0 spiro atoms. The minimum Gasteiger partial charge on any atom is -0.481 e. The molecule has 0 aliphatic heterocycles. The molecule has 2 aromatic rings. The van der Waals surface area contributed by atoms with Crippen molar-refractivity contribution < 1.29 is 14.7 Å². The third kappa shape index (κ3) is 3.83. The van der Waals surface area contributed by atoms with Gasteiger partial charge in [-0.2, -0.15) is 0 Å². The van der Waals surface area contributed by atoms with Crippen molar-refractivity contribution in [3.8, 4) is 0 Å². The molecule has 2 N–H and O–H groups in total. The highest BCUT2D eigenvalue weighted by Crippen LogP contribution is 2.17. The minimum atomic E-state index is -0.961. The topological polar surface area (TPSA) is 92.2 Å². The summed E-state index contributed by atoms with van der Waals surface area (Å²) in [5.41, 5.74) is 0.666. The number of carbonyl (C=O) groups excluding carboxylic acids is 1. The van der Waals surface area contributed by atoms with E-state index in [0.717, 1.165) is 0 Å². The van der Waals surface area contributed by atoms with Crippen molar-refractivity contribution in [1.82, 2.24) is 9.97 Å². The Morgan fingerprint density at radius 2 is 2.16 bits per heavy atom. The number of hydrogen-bond donors (Lipinski definition) is 2. The van der Waals surface area contributed by atoms with Gasteiger partial charge in [0.2, 0.25) is 0 Å². The highest BCUT2D eigenvalue weighted by atomic mass is 79.9. The number of pyridine rings is 1. The van der Waals surface area contributed by atoms with Crippen molar-refractivity contribution in [2.45, 2.75) is 6.42 Å². The number of rotatable bonds is 4. The van der Waals surface area contributed by atoms with Crippen LogP contribution in [-0.4, -0.2) is 27.0 Å². The number of halogens is 1. The minimum absolute atomic E-state index is 0.165. The molecule has 0 aliphatic carbocycles. The van der Waals surface area contributed by atoms with Crippen molar-refractivity contribution >= 4 is 44.3 Å². The number of nitrogens with one attached hydrogen (secondary N) is 1. The van der Waals surface area contributed by atoms with Gasteiger partial charge in [-0.25, -0.2) is 9.97 Å². The standard InChI is InChI=1S/C11H8BrN3O3S/c12-8-3-1-2-7(14-8)10(18)15-11-13-6(5-19-11)4-9(16)17/h1-3,5H,4H2,(H,16,17)(H,13,15,18). The van der Waals surface area contributed by atoms with Crippen LogP contribution in [0, 0.1) is 0 Å². The number of hydrogen-bond acceptors (Lipinski definition) is 5. The Hall–Kier alpha value is -1.80. The van der Waals surface area contributed by atoms with E-state index in [9.17, 15) is 9.59 Å². The normalized spacial score (nSPS) is 10.2. The smallest absolute Gasteiger partial charge is 0.309 e. The van der Waals surface area contributed by atoms with Crippen molar-refractivity contribution in [1.29, 1.82) is 0 Å². The second kappa shape index (κ2) is 5.89. The summed E-state index contributed by atoms with van der Waals surface area (Å²) in [4.78, 5) is 30.4. The first-order valence-electron chi connectivity index (χ1n) is 5.14. The Labute approximate surface area is 120 Å². The average Bonchev–Trinajstić information content (AvgIpc) is 2.75. The van der Waals surface area contributed by atoms with E-state index in [-0.39, 0.29) is 12.1 Å². The van der Waals surface area contributed by atoms with Gasteiger partial charge in [0.05, 0.1) is 12.1 Å². The number of carboxylic acid groups (broad SMARTS) is 1. The molecule has 0 saturated carbocycles. The number of aliphatic carboxylic acids is 1. The summed E-state index contributed by atoms with van der Waals surface area (Å²) in [6.07, 6.45) is -0.165. The molecular formula is C11H8BrN3O3S. The molecule has 6 nitrogen and oxygen atoms in total. The lowest BCUT2D eigenvalue weighted by Crippen LogP contribution is -2.13. The zero-order valence-corrected chi connectivity index (χ0v) is 11.9. The van der Waals surface area contributed by atoms with E-state index in [2.05, 4.69) is 31.2 Å². The molecule has 2 aromatic heterocycles. The first kappa shape index (κ1) is 13.6. The van der Waals surface area contributed by atoms with Crippen LogP contribution < -0.4 is 5.32 Å². The molecule has 0 fully saturated rings. The first-order chi connectivity index (χ1) is 9.04. The summed E-state index contributed by atoms with van der Waals surface area (Å²) in [5, 5.41) is 13.1. The highest BCUT2D eigenvalue weighted by Gasteiger charge is 2.11. The van der Waals surface area contributed by atoms with Gasteiger partial charge in [-0.3, -0.25) is 14.9 Å². The number of carboxylic acids is 1. The fourth-order valence-electron chi connectivity index (χ4n) is 1.30. The number of carbonyl (C=O) groups is 2. The largest absolute Gasteiger partial charge is 0.481 e. The molecule has 0 atom stereocenters. The molecule has 2 heterocycles. The molecule has 0 saturated heterocycles. The maximum absolute atomic E-state index is 11.9. The molecule has 0 unspecified atom stereocenters. The van der Waals surface area contributed by atoms with Crippen LogP contribution in [0.5, 0.6) is 0 Å². The van der Waals surface area contributed by atoms with Crippen LogP contribution >= 0.6 is 27.3 Å². The molecule has 0 aromatic carbocycles. The third-order valence-corrected chi connectivity index (χ3v) is 3.30. The fourth-order valence-corrected chi connectivity index (χ4v) is 2.35. The SMILES string of the molecule is O=C(O)Cc1csc(NC(=O)c2cccc(Br)n2)n1. The summed E-state index contributed by atoms with van der Waals surface area (Å²) in [6.45, 7) is 0. The number of nitrogens with zero attached hydrogens (tertiary/aromatic N) is 2. The molecule has 0 bridgehead atoms. The van der Waals surface area contributed by atoms with Gasteiger partial charge in [0.15, 0.2) is 5.13 Å². The molecule has 2 rings (SSSR count). The van der Waals surface area contributed by atoms with Crippen molar-refractivity contribution in [2.75, 3.05) is 5.32 Å². The van der Waals surface area contributed by atoms with Gasteiger partial charge in [-0.1, -0.05) is 6.07 Å². The second-order valence-electron chi connectivity index (χ2n) is 3.51. The maximum Gasteiger partial charge on any atom is 0.309 e. The van der Waals surface area contributed by atoms with Gasteiger partial charge >= 0.3 is 5.97 Å². The van der Waals surface area contributed by atoms with E-state index < -0.39 is 11.9 Å². The van der Waals surface area contributed by atoms with Gasteiger partial charge in [-0.15, -0.1) is 11.3 Å². The quantitative estimate of drug-likeness (QED) is 0.831. The monoisotopic (exact) mass is 341 g/mol. The predicted molar refractivity (Wildman–Crippen MR) is 73.3 cm³/mol. The molecular weight excluding hydrogens is 334 g/mol. The van der Waals surface area contributed by atoms with E-state index in [0.29, 0.717) is 15.4 Å². The zero-order chi connectivity index (χ0) is 13.8. The average molecular weight is 342 g/mol. The zero-order valence-electron chi connectivity index (χ0n) is 9.46.